The zero-order valence-corrected chi connectivity index (χ0v) is 12.9. The number of hydrogen-bond acceptors (Lipinski definition) is 2. The van der Waals surface area contributed by atoms with Crippen molar-refractivity contribution in [3.8, 4) is 0 Å². The van der Waals surface area contributed by atoms with E-state index >= 15 is 0 Å². The summed E-state index contributed by atoms with van der Waals surface area (Å²) in [6.07, 6.45) is 9.20. The van der Waals surface area contributed by atoms with E-state index in [1.54, 1.807) is 6.20 Å². The maximum absolute atomic E-state index is 12.2. The number of aromatic nitrogens is 2. The summed E-state index contributed by atoms with van der Waals surface area (Å²) in [5.74, 6) is 0.895. The van der Waals surface area contributed by atoms with Crippen LogP contribution in [0.3, 0.4) is 0 Å². The van der Waals surface area contributed by atoms with Gasteiger partial charge in [-0.3, -0.25) is 4.79 Å². The summed E-state index contributed by atoms with van der Waals surface area (Å²) in [7, 11) is 0. The Labute approximate surface area is 131 Å². The fraction of sp³-hybridized carbons (Fsp3) is 0.444. The van der Waals surface area contributed by atoms with Crippen LogP contribution in [0.4, 0.5) is 5.82 Å². The Morgan fingerprint density at radius 3 is 2.68 bits per heavy atom. The van der Waals surface area contributed by atoms with Gasteiger partial charge >= 0.3 is 0 Å². The summed E-state index contributed by atoms with van der Waals surface area (Å²) in [6, 6.07) is 12.4. The monoisotopic (exact) mass is 297 g/mol. The van der Waals surface area contributed by atoms with Crippen molar-refractivity contribution in [3.63, 3.8) is 0 Å². The van der Waals surface area contributed by atoms with Gasteiger partial charge in [0.25, 0.3) is 0 Å². The zero-order chi connectivity index (χ0) is 15.2. The lowest BCUT2D eigenvalue weighted by Crippen LogP contribution is -2.20. The van der Waals surface area contributed by atoms with Gasteiger partial charge < -0.3 is 5.32 Å². The first-order valence-corrected chi connectivity index (χ1v) is 8.20. The minimum Gasteiger partial charge on any atom is -0.311 e. The first kappa shape index (κ1) is 14.8. The molecule has 0 saturated heterocycles. The average molecular weight is 297 g/mol. The first-order chi connectivity index (χ1) is 10.8. The highest BCUT2D eigenvalue weighted by Crippen LogP contribution is 2.29. The van der Waals surface area contributed by atoms with E-state index in [4.69, 9.17) is 0 Å². The van der Waals surface area contributed by atoms with Gasteiger partial charge in [0.15, 0.2) is 0 Å². The number of carbonyl (C=O) groups excluding carboxylic acids is 1. The standard InChI is InChI=1S/C18H23N3O/c22-18(12-11-15-7-3-1-4-8-15)20-17-13-14-19-21(17)16-9-5-2-6-10-16/h1,3-4,7-8,13-14,16H,2,5-6,9-12H2,(H,20,22). The Kier molecular flexibility index (Phi) is 4.88. The summed E-state index contributed by atoms with van der Waals surface area (Å²) in [5, 5.41) is 7.43. The molecule has 1 amide bonds. The molecule has 4 heteroatoms. The maximum Gasteiger partial charge on any atom is 0.225 e. The molecule has 22 heavy (non-hydrogen) atoms. The molecule has 1 aromatic heterocycles. The van der Waals surface area contributed by atoms with E-state index in [2.05, 4.69) is 22.5 Å². The summed E-state index contributed by atoms with van der Waals surface area (Å²) in [5.41, 5.74) is 1.19. The van der Waals surface area contributed by atoms with Crippen molar-refractivity contribution in [1.82, 2.24) is 9.78 Å². The van der Waals surface area contributed by atoms with Gasteiger partial charge in [-0.05, 0) is 24.8 Å². The third-order valence-electron chi connectivity index (χ3n) is 4.34. The second-order valence-corrected chi connectivity index (χ2v) is 5.99. The molecule has 1 heterocycles. The summed E-state index contributed by atoms with van der Waals surface area (Å²) >= 11 is 0. The van der Waals surface area contributed by atoms with Crippen molar-refractivity contribution >= 4 is 11.7 Å². The van der Waals surface area contributed by atoms with Gasteiger partial charge in [-0.1, -0.05) is 49.6 Å². The topological polar surface area (TPSA) is 46.9 Å². The molecule has 0 aliphatic heterocycles. The Hall–Kier alpha value is -2.10. The number of nitrogens with zero attached hydrogens (tertiary/aromatic N) is 2. The van der Waals surface area contributed by atoms with Crippen LogP contribution in [0, 0.1) is 0 Å². The molecule has 0 atom stereocenters. The molecular weight excluding hydrogens is 274 g/mol. The van der Waals surface area contributed by atoms with Crippen LogP contribution in [-0.4, -0.2) is 15.7 Å². The third-order valence-corrected chi connectivity index (χ3v) is 4.34. The number of hydrogen-bond donors (Lipinski definition) is 1. The molecule has 0 radical (unpaired) electrons. The second kappa shape index (κ2) is 7.25. The number of anilines is 1. The Morgan fingerprint density at radius 2 is 1.91 bits per heavy atom. The lowest BCUT2D eigenvalue weighted by atomic mass is 9.96. The van der Waals surface area contributed by atoms with E-state index < -0.39 is 0 Å². The second-order valence-electron chi connectivity index (χ2n) is 5.99. The Bertz CT molecular complexity index is 600. The summed E-state index contributed by atoms with van der Waals surface area (Å²) in [6.45, 7) is 0. The largest absolute Gasteiger partial charge is 0.311 e. The van der Waals surface area contributed by atoms with Crippen molar-refractivity contribution in [2.75, 3.05) is 5.32 Å². The van der Waals surface area contributed by atoms with Gasteiger partial charge in [-0.15, -0.1) is 0 Å². The fourth-order valence-electron chi connectivity index (χ4n) is 3.14. The van der Waals surface area contributed by atoms with Crippen LogP contribution in [0.5, 0.6) is 0 Å². The van der Waals surface area contributed by atoms with E-state index in [-0.39, 0.29) is 5.91 Å². The molecule has 116 valence electrons. The molecule has 2 aromatic rings. The smallest absolute Gasteiger partial charge is 0.225 e. The number of carbonyl (C=O) groups is 1. The SMILES string of the molecule is O=C(CCc1ccccc1)Nc1ccnn1C1CCCCC1. The number of nitrogens with one attached hydrogen (secondary N) is 1. The van der Waals surface area contributed by atoms with Crippen molar-refractivity contribution in [2.45, 2.75) is 51.0 Å². The molecule has 1 N–H and O–H groups in total. The number of amides is 1. The number of aryl methyl sites for hydroxylation is 1. The molecule has 1 aliphatic rings. The Morgan fingerprint density at radius 1 is 1.14 bits per heavy atom. The highest BCUT2D eigenvalue weighted by Gasteiger charge is 2.19. The van der Waals surface area contributed by atoms with Crippen molar-refractivity contribution < 1.29 is 4.79 Å². The normalized spacial score (nSPS) is 15.6. The fourth-order valence-corrected chi connectivity index (χ4v) is 3.14. The van der Waals surface area contributed by atoms with E-state index in [1.165, 1.54) is 24.8 Å². The predicted molar refractivity (Wildman–Crippen MR) is 87.7 cm³/mol. The summed E-state index contributed by atoms with van der Waals surface area (Å²) < 4.78 is 2.00. The third kappa shape index (κ3) is 3.75. The molecule has 0 spiro atoms. The van der Waals surface area contributed by atoms with Crippen LogP contribution < -0.4 is 5.32 Å². The molecule has 1 aromatic carbocycles. The summed E-state index contributed by atoms with van der Waals surface area (Å²) in [4.78, 5) is 12.2. The van der Waals surface area contributed by atoms with E-state index in [0.29, 0.717) is 12.5 Å². The van der Waals surface area contributed by atoms with Gasteiger partial charge in [-0.25, -0.2) is 4.68 Å². The maximum atomic E-state index is 12.2. The molecule has 1 aliphatic carbocycles. The van der Waals surface area contributed by atoms with Crippen LogP contribution in [0.25, 0.3) is 0 Å². The lowest BCUT2D eigenvalue weighted by molar-refractivity contribution is -0.116. The molecule has 0 unspecified atom stereocenters. The van der Waals surface area contributed by atoms with Crippen LogP contribution in [-0.2, 0) is 11.2 Å². The van der Waals surface area contributed by atoms with Crippen molar-refractivity contribution in [2.24, 2.45) is 0 Å². The highest BCUT2D eigenvalue weighted by atomic mass is 16.1. The van der Waals surface area contributed by atoms with Crippen LogP contribution >= 0.6 is 0 Å². The zero-order valence-electron chi connectivity index (χ0n) is 12.9. The van der Waals surface area contributed by atoms with Crippen LogP contribution in [0.15, 0.2) is 42.6 Å². The average Bonchev–Trinajstić information content (AvgIpc) is 3.03. The van der Waals surface area contributed by atoms with Gasteiger partial charge in [-0.2, -0.15) is 5.10 Å². The van der Waals surface area contributed by atoms with E-state index in [9.17, 15) is 4.79 Å². The quantitative estimate of drug-likeness (QED) is 0.908. The predicted octanol–water partition coefficient (Wildman–Crippen LogP) is 3.96. The minimum absolute atomic E-state index is 0.0569. The molecule has 4 nitrogen and oxygen atoms in total. The molecular formula is C18H23N3O. The molecule has 1 saturated carbocycles. The van der Waals surface area contributed by atoms with Gasteiger partial charge in [0, 0.05) is 12.5 Å². The number of benzene rings is 1. The number of rotatable bonds is 5. The minimum atomic E-state index is 0.0569. The van der Waals surface area contributed by atoms with Crippen molar-refractivity contribution in [1.29, 1.82) is 0 Å². The first-order valence-electron chi connectivity index (χ1n) is 8.20. The van der Waals surface area contributed by atoms with Gasteiger partial charge in [0.1, 0.15) is 5.82 Å². The van der Waals surface area contributed by atoms with E-state index in [0.717, 1.165) is 25.1 Å². The molecule has 0 bridgehead atoms. The van der Waals surface area contributed by atoms with Gasteiger partial charge in [0.05, 0.1) is 12.2 Å². The van der Waals surface area contributed by atoms with Crippen LogP contribution in [0.1, 0.15) is 50.1 Å². The van der Waals surface area contributed by atoms with E-state index in [1.807, 2.05) is 28.9 Å². The lowest BCUT2D eigenvalue weighted by Gasteiger charge is -2.23. The Balaban J connectivity index is 1.56. The molecule has 1 fully saturated rings. The molecule has 3 rings (SSSR count). The van der Waals surface area contributed by atoms with Crippen LogP contribution in [0.2, 0.25) is 0 Å². The van der Waals surface area contributed by atoms with Gasteiger partial charge in [0.2, 0.25) is 5.91 Å². The van der Waals surface area contributed by atoms with Crippen molar-refractivity contribution in [3.05, 3.63) is 48.2 Å². The highest BCUT2D eigenvalue weighted by molar-refractivity contribution is 5.89.